The molecule has 2 aliphatic heterocycles. The van der Waals surface area contributed by atoms with Gasteiger partial charge in [-0.3, -0.25) is 4.79 Å². The van der Waals surface area contributed by atoms with Gasteiger partial charge >= 0.3 is 0 Å². The van der Waals surface area contributed by atoms with E-state index in [1.807, 2.05) is 4.90 Å². The van der Waals surface area contributed by atoms with Crippen LogP contribution in [0.5, 0.6) is 0 Å². The van der Waals surface area contributed by atoms with Crippen molar-refractivity contribution in [2.75, 3.05) is 19.7 Å². The van der Waals surface area contributed by atoms with Crippen molar-refractivity contribution < 1.29 is 28.9 Å². The lowest BCUT2D eigenvalue weighted by molar-refractivity contribution is -0.283. The van der Waals surface area contributed by atoms with Gasteiger partial charge in [0.25, 0.3) is 0 Å². The number of carbonyl (C=O) groups is 2. The first-order valence-electron chi connectivity index (χ1n) is 18.0. The largest absolute Gasteiger partial charge is 0.390 e. The van der Waals surface area contributed by atoms with Crippen molar-refractivity contribution in [2.24, 2.45) is 56.7 Å². The molecule has 0 radical (unpaired) electrons. The Bertz CT molecular complexity index is 1150. The molecule has 0 aromatic carbocycles. The van der Waals surface area contributed by atoms with E-state index < -0.39 is 12.2 Å². The predicted octanol–water partition coefficient (Wildman–Crippen LogP) is 6.01. The molecule has 7 rings (SSSR count). The van der Waals surface area contributed by atoms with Crippen molar-refractivity contribution in [1.82, 2.24) is 4.90 Å². The van der Waals surface area contributed by atoms with Crippen LogP contribution in [0.1, 0.15) is 113 Å². The average molecular weight is 614 g/mol. The van der Waals surface area contributed by atoms with E-state index in [1.54, 1.807) is 0 Å². The zero-order valence-electron chi connectivity index (χ0n) is 28.5. The first kappa shape index (κ1) is 31.6. The fourth-order valence-corrected chi connectivity index (χ4v) is 13.0. The minimum absolute atomic E-state index is 0.0192. The van der Waals surface area contributed by atoms with Gasteiger partial charge in [0.05, 0.1) is 31.5 Å². The molecule has 1 amide bonds. The third kappa shape index (κ3) is 4.26. The van der Waals surface area contributed by atoms with E-state index >= 15 is 0 Å². The van der Waals surface area contributed by atoms with Crippen molar-refractivity contribution >= 4 is 12.2 Å². The Morgan fingerprint density at radius 3 is 2.34 bits per heavy atom. The van der Waals surface area contributed by atoms with Crippen LogP contribution in [0, 0.1) is 56.7 Å². The number of amides is 1. The number of ether oxygens (including phenoxy) is 3. The molecule has 7 aliphatic rings. The number of carbonyl (C=O) groups excluding carboxylic acids is 2. The number of aldehydes is 1. The standard InChI is InChI=1S/C37H59NO6/c1-22-18-24(21-39)43-31-30(22)36(6)15-14-35(5)26(37(36,7)32(31)41)11-10-25-33(2,3)27(12-13-34(25,35)4)44-29-20-38(16-17-42-29)28(40)19-23-8-9-23/h21-27,29-32,41H,8-20H2,1-7H3/t22-,24-,25+,26-,27+,29+,30+,31+,32+,34+,35-,36-,37-/m1/s1. The summed E-state index contributed by atoms with van der Waals surface area (Å²) in [6, 6.07) is 0. The van der Waals surface area contributed by atoms with Crippen LogP contribution in [0.15, 0.2) is 0 Å². The molecule has 0 bridgehead atoms. The minimum Gasteiger partial charge on any atom is -0.390 e. The minimum atomic E-state index is -0.561. The Labute approximate surface area is 265 Å². The van der Waals surface area contributed by atoms with Gasteiger partial charge in [-0.05, 0) is 109 Å². The maximum Gasteiger partial charge on any atom is 0.223 e. The van der Waals surface area contributed by atoms with Crippen LogP contribution in [0.2, 0.25) is 0 Å². The molecule has 2 saturated heterocycles. The topological polar surface area (TPSA) is 85.3 Å². The van der Waals surface area contributed by atoms with Gasteiger partial charge in [-0.25, -0.2) is 0 Å². The van der Waals surface area contributed by atoms with Gasteiger partial charge in [0.15, 0.2) is 6.29 Å². The monoisotopic (exact) mass is 613 g/mol. The highest BCUT2D eigenvalue weighted by Crippen LogP contribution is 2.79. The molecule has 13 atom stereocenters. The first-order valence-corrected chi connectivity index (χ1v) is 18.0. The second-order valence-corrected chi connectivity index (χ2v) is 17.9. The van der Waals surface area contributed by atoms with E-state index in [1.165, 1.54) is 19.3 Å². The maximum atomic E-state index is 12.9. The van der Waals surface area contributed by atoms with Crippen molar-refractivity contribution in [3.05, 3.63) is 0 Å². The van der Waals surface area contributed by atoms with Crippen LogP contribution in [0.3, 0.4) is 0 Å². The van der Waals surface area contributed by atoms with Crippen LogP contribution >= 0.6 is 0 Å². The van der Waals surface area contributed by atoms with Crippen molar-refractivity contribution in [3.8, 4) is 0 Å². The molecule has 0 aromatic heterocycles. The lowest BCUT2D eigenvalue weighted by Crippen LogP contribution is -2.68. The summed E-state index contributed by atoms with van der Waals surface area (Å²) in [5.41, 5.74) is -0.118. The summed E-state index contributed by atoms with van der Waals surface area (Å²) < 4.78 is 19.3. The van der Waals surface area contributed by atoms with Crippen LogP contribution < -0.4 is 0 Å². The smallest absolute Gasteiger partial charge is 0.223 e. The van der Waals surface area contributed by atoms with Crippen molar-refractivity contribution in [3.63, 3.8) is 0 Å². The lowest BCUT2D eigenvalue weighted by Gasteiger charge is -2.72. The Balaban J connectivity index is 1.12. The molecule has 7 fully saturated rings. The normalized spacial score (nSPS) is 53.2. The van der Waals surface area contributed by atoms with E-state index in [-0.39, 0.29) is 57.4 Å². The van der Waals surface area contributed by atoms with Crippen molar-refractivity contribution in [2.45, 2.75) is 143 Å². The van der Waals surface area contributed by atoms with Crippen LogP contribution in [-0.4, -0.2) is 72.6 Å². The number of fused-ring (bicyclic) bond motifs is 7. The molecule has 1 N–H and O–H groups in total. The molecule has 7 heteroatoms. The third-order valence-electron chi connectivity index (χ3n) is 15.9. The van der Waals surface area contributed by atoms with E-state index in [0.717, 1.165) is 44.8 Å². The second-order valence-electron chi connectivity index (χ2n) is 17.9. The Morgan fingerprint density at radius 2 is 1.64 bits per heavy atom. The van der Waals surface area contributed by atoms with Crippen molar-refractivity contribution in [1.29, 1.82) is 0 Å². The number of morpholine rings is 1. The Morgan fingerprint density at radius 1 is 0.955 bits per heavy atom. The van der Waals surface area contributed by atoms with E-state index in [2.05, 4.69) is 48.5 Å². The molecule has 44 heavy (non-hydrogen) atoms. The molecule has 0 spiro atoms. The molecule has 0 aromatic rings. The van der Waals surface area contributed by atoms with E-state index in [4.69, 9.17) is 14.2 Å². The number of hydrogen-bond donors (Lipinski definition) is 1. The van der Waals surface area contributed by atoms with Crippen LogP contribution in [0.25, 0.3) is 0 Å². The lowest BCUT2D eigenvalue weighted by atomic mass is 9.32. The molecule has 248 valence electrons. The summed E-state index contributed by atoms with van der Waals surface area (Å²) in [5, 5.41) is 12.2. The number of rotatable bonds is 5. The highest BCUT2D eigenvalue weighted by atomic mass is 16.7. The zero-order valence-corrected chi connectivity index (χ0v) is 28.5. The number of hydrogen-bond acceptors (Lipinski definition) is 6. The SMILES string of the molecule is C[C@@H]1C[C@H](C=O)O[C@H]2[C@H]1[C@@]1(C)CC[C@]3(C)[C@@H](CC[C@H]4C(C)(C)[C@@H](O[C@H]5CN(C(=O)CC6CC6)CCO5)CC[C@@]43C)[C@]1(C)[C@H]2O. The van der Waals surface area contributed by atoms with E-state index in [0.29, 0.717) is 49.8 Å². The quantitative estimate of drug-likeness (QED) is 0.383. The van der Waals surface area contributed by atoms with Gasteiger partial charge < -0.3 is 29.0 Å². The third-order valence-corrected chi connectivity index (χ3v) is 15.9. The summed E-state index contributed by atoms with van der Waals surface area (Å²) in [4.78, 5) is 26.7. The summed E-state index contributed by atoms with van der Waals surface area (Å²) >= 11 is 0. The van der Waals surface area contributed by atoms with Crippen LogP contribution in [0.4, 0.5) is 0 Å². The second kappa shape index (κ2) is 10.5. The predicted molar refractivity (Wildman–Crippen MR) is 167 cm³/mol. The van der Waals surface area contributed by atoms with Gasteiger partial charge in [0.2, 0.25) is 5.91 Å². The number of aliphatic hydroxyl groups excluding tert-OH is 1. The number of aliphatic hydroxyl groups is 1. The Kier molecular flexibility index (Phi) is 7.53. The van der Waals surface area contributed by atoms with Crippen LogP contribution in [-0.2, 0) is 23.8 Å². The summed E-state index contributed by atoms with van der Waals surface area (Å²) in [6.07, 6.45) is 9.87. The highest BCUT2D eigenvalue weighted by molar-refractivity contribution is 5.76. The van der Waals surface area contributed by atoms with Gasteiger partial charge in [-0.15, -0.1) is 0 Å². The summed E-state index contributed by atoms with van der Waals surface area (Å²) in [5.74, 6) is 2.38. The summed E-state index contributed by atoms with van der Waals surface area (Å²) in [6.45, 7) is 18.9. The molecule has 5 saturated carbocycles. The molecular formula is C37H59NO6. The zero-order chi connectivity index (χ0) is 31.4. The van der Waals surface area contributed by atoms with Gasteiger partial charge in [-0.2, -0.15) is 0 Å². The fraction of sp³-hybridized carbons (Fsp3) is 0.946. The molecule has 0 unspecified atom stereocenters. The fourth-order valence-electron chi connectivity index (χ4n) is 13.0. The molecule has 2 heterocycles. The molecule has 7 nitrogen and oxygen atoms in total. The highest BCUT2D eigenvalue weighted by Gasteiger charge is 2.76. The Hall–Kier alpha value is -1.02. The maximum absolute atomic E-state index is 12.9. The average Bonchev–Trinajstić information content (AvgIpc) is 3.78. The van der Waals surface area contributed by atoms with E-state index in [9.17, 15) is 14.7 Å². The first-order chi connectivity index (χ1) is 20.7. The van der Waals surface area contributed by atoms with Gasteiger partial charge in [0, 0.05) is 18.4 Å². The summed E-state index contributed by atoms with van der Waals surface area (Å²) in [7, 11) is 0. The van der Waals surface area contributed by atoms with Gasteiger partial charge in [0.1, 0.15) is 12.4 Å². The van der Waals surface area contributed by atoms with Gasteiger partial charge in [-0.1, -0.05) is 48.5 Å². The molecular weight excluding hydrogens is 554 g/mol. The molecule has 5 aliphatic carbocycles. The number of nitrogens with zero attached hydrogens (tertiary/aromatic N) is 1.